The molecule has 2 aromatic rings. The molecule has 1 aromatic carbocycles. The van der Waals surface area contributed by atoms with Crippen LogP contribution in [0.4, 0.5) is 8.78 Å². The number of hydrogen-bond acceptors (Lipinski definition) is 3. The Hall–Kier alpha value is -2.24. The zero-order valence-corrected chi connectivity index (χ0v) is 9.70. The summed E-state index contributed by atoms with van der Waals surface area (Å²) in [5, 5.41) is 0. The molecule has 0 aliphatic heterocycles. The third-order valence-electron chi connectivity index (χ3n) is 3.34. The van der Waals surface area contributed by atoms with Gasteiger partial charge in [0.25, 0.3) is 5.56 Å². The minimum absolute atomic E-state index is 0.250. The molecule has 0 fully saturated rings. The number of rotatable bonds is 1. The molecule has 0 bridgehead atoms. The predicted molar refractivity (Wildman–Crippen MR) is 62.1 cm³/mol. The standard InChI is InChI=1S/C13H9F2NO3/c14-9-4-1-6(5-10(9)15)7-2-3-8-11(7)19-13(18)16-12(8)17/h1,4-5,7H,2-3H2,(H,16,17,18). The monoisotopic (exact) mass is 265 g/mol. The summed E-state index contributed by atoms with van der Waals surface area (Å²) in [6.07, 6.45) is 0.967. The van der Waals surface area contributed by atoms with Gasteiger partial charge in [-0.25, -0.2) is 13.6 Å². The lowest BCUT2D eigenvalue weighted by molar-refractivity contribution is 0.424. The molecular weight excluding hydrogens is 256 g/mol. The maximum Gasteiger partial charge on any atom is 0.419 e. The summed E-state index contributed by atoms with van der Waals surface area (Å²) >= 11 is 0. The summed E-state index contributed by atoms with van der Waals surface area (Å²) in [5.74, 6) is -2.87. The average Bonchev–Trinajstić information content (AvgIpc) is 2.76. The number of benzene rings is 1. The molecule has 0 saturated heterocycles. The number of halogens is 2. The van der Waals surface area contributed by atoms with Crippen molar-refractivity contribution in [2.75, 3.05) is 0 Å². The number of aromatic nitrogens is 1. The zero-order valence-electron chi connectivity index (χ0n) is 9.70. The summed E-state index contributed by atoms with van der Waals surface area (Å²) in [6.45, 7) is 0. The summed E-state index contributed by atoms with van der Waals surface area (Å²) in [6, 6.07) is 3.52. The van der Waals surface area contributed by atoms with Gasteiger partial charge >= 0.3 is 5.76 Å². The molecule has 98 valence electrons. The van der Waals surface area contributed by atoms with Gasteiger partial charge in [-0.3, -0.25) is 9.78 Å². The van der Waals surface area contributed by atoms with Crippen LogP contribution in [-0.2, 0) is 6.42 Å². The second-order valence-electron chi connectivity index (χ2n) is 4.45. The number of nitrogens with one attached hydrogen (secondary N) is 1. The van der Waals surface area contributed by atoms with Crippen LogP contribution in [0.15, 0.2) is 32.2 Å². The van der Waals surface area contributed by atoms with Crippen LogP contribution in [0, 0.1) is 11.6 Å². The van der Waals surface area contributed by atoms with Crippen molar-refractivity contribution < 1.29 is 13.2 Å². The van der Waals surface area contributed by atoms with Crippen molar-refractivity contribution in [2.24, 2.45) is 0 Å². The highest BCUT2D eigenvalue weighted by molar-refractivity contribution is 5.35. The first-order chi connectivity index (χ1) is 9.06. The Labute approximate surface area is 105 Å². The van der Waals surface area contributed by atoms with Crippen LogP contribution in [0.2, 0.25) is 0 Å². The molecule has 0 radical (unpaired) electrons. The molecular formula is C13H9F2NO3. The van der Waals surface area contributed by atoms with E-state index in [0.29, 0.717) is 24.0 Å². The van der Waals surface area contributed by atoms with Gasteiger partial charge in [-0.15, -0.1) is 0 Å². The molecule has 1 aliphatic carbocycles. The first-order valence-electron chi connectivity index (χ1n) is 5.77. The van der Waals surface area contributed by atoms with Gasteiger partial charge in [0, 0.05) is 5.92 Å². The van der Waals surface area contributed by atoms with E-state index < -0.39 is 22.9 Å². The van der Waals surface area contributed by atoms with E-state index in [0.717, 1.165) is 12.1 Å². The Morgan fingerprint density at radius 2 is 2.00 bits per heavy atom. The molecule has 1 heterocycles. The highest BCUT2D eigenvalue weighted by Crippen LogP contribution is 2.36. The number of H-pyrrole nitrogens is 1. The number of hydrogen-bond donors (Lipinski definition) is 1. The van der Waals surface area contributed by atoms with Crippen LogP contribution in [0.25, 0.3) is 0 Å². The van der Waals surface area contributed by atoms with E-state index in [1.54, 1.807) is 0 Å². The van der Waals surface area contributed by atoms with Crippen LogP contribution in [-0.4, -0.2) is 4.98 Å². The van der Waals surface area contributed by atoms with Crippen LogP contribution in [0.1, 0.15) is 29.2 Å². The largest absolute Gasteiger partial charge is 0.419 e. The lowest BCUT2D eigenvalue weighted by Crippen LogP contribution is -2.22. The van der Waals surface area contributed by atoms with Crippen molar-refractivity contribution in [2.45, 2.75) is 18.8 Å². The summed E-state index contributed by atoms with van der Waals surface area (Å²) in [7, 11) is 0. The second-order valence-corrected chi connectivity index (χ2v) is 4.45. The van der Waals surface area contributed by atoms with Crippen molar-refractivity contribution in [3.63, 3.8) is 0 Å². The lowest BCUT2D eigenvalue weighted by atomic mass is 9.97. The smallest absolute Gasteiger partial charge is 0.413 e. The van der Waals surface area contributed by atoms with E-state index in [-0.39, 0.29) is 11.7 Å². The van der Waals surface area contributed by atoms with Crippen molar-refractivity contribution in [1.29, 1.82) is 0 Å². The minimum Gasteiger partial charge on any atom is -0.413 e. The van der Waals surface area contributed by atoms with Gasteiger partial charge in [0.05, 0.1) is 5.56 Å². The molecule has 0 saturated carbocycles. The Balaban J connectivity index is 2.14. The topological polar surface area (TPSA) is 63.1 Å². The van der Waals surface area contributed by atoms with Gasteiger partial charge in [0.15, 0.2) is 11.6 Å². The van der Waals surface area contributed by atoms with Crippen LogP contribution in [0.5, 0.6) is 0 Å². The first-order valence-corrected chi connectivity index (χ1v) is 5.77. The third-order valence-corrected chi connectivity index (χ3v) is 3.34. The molecule has 19 heavy (non-hydrogen) atoms. The molecule has 0 spiro atoms. The van der Waals surface area contributed by atoms with Crippen LogP contribution >= 0.6 is 0 Å². The maximum atomic E-state index is 13.2. The fourth-order valence-corrected chi connectivity index (χ4v) is 2.45. The maximum absolute atomic E-state index is 13.2. The van der Waals surface area contributed by atoms with Gasteiger partial charge in [-0.2, -0.15) is 0 Å². The van der Waals surface area contributed by atoms with E-state index in [1.165, 1.54) is 6.07 Å². The van der Waals surface area contributed by atoms with Gasteiger partial charge in [0.1, 0.15) is 5.76 Å². The summed E-state index contributed by atoms with van der Waals surface area (Å²) in [5.41, 5.74) is 0.414. The molecule has 1 atom stereocenters. The zero-order chi connectivity index (χ0) is 13.6. The number of aromatic amines is 1. The van der Waals surface area contributed by atoms with Crippen molar-refractivity contribution in [1.82, 2.24) is 4.98 Å². The molecule has 1 aliphatic rings. The van der Waals surface area contributed by atoms with Gasteiger partial charge < -0.3 is 4.42 Å². The normalized spacial score (nSPS) is 17.5. The minimum atomic E-state index is -0.960. The fraction of sp³-hybridized carbons (Fsp3) is 0.231. The fourth-order valence-electron chi connectivity index (χ4n) is 2.45. The SMILES string of the molecule is O=c1[nH]c(=O)c2c(o1)C(c1ccc(F)c(F)c1)CC2. The lowest BCUT2D eigenvalue weighted by Gasteiger charge is -2.10. The van der Waals surface area contributed by atoms with Crippen molar-refractivity contribution in [3.8, 4) is 0 Å². The highest BCUT2D eigenvalue weighted by Gasteiger charge is 2.30. The van der Waals surface area contributed by atoms with Crippen molar-refractivity contribution in [3.05, 3.63) is 67.6 Å². The van der Waals surface area contributed by atoms with Gasteiger partial charge in [0.2, 0.25) is 0 Å². The van der Waals surface area contributed by atoms with E-state index in [2.05, 4.69) is 4.98 Å². The summed E-state index contributed by atoms with van der Waals surface area (Å²) < 4.78 is 31.1. The summed E-state index contributed by atoms with van der Waals surface area (Å²) in [4.78, 5) is 24.8. The number of fused-ring (bicyclic) bond motifs is 1. The molecule has 3 rings (SSSR count). The second kappa shape index (κ2) is 4.15. The van der Waals surface area contributed by atoms with E-state index in [9.17, 15) is 18.4 Å². The van der Waals surface area contributed by atoms with E-state index >= 15 is 0 Å². The molecule has 6 heteroatoms. The Morgan fingerprint density at radius 1 is 1.21 bits per heavy atom. The third kappa shape index (κ3) is 1.89. The van der Waals surface area contributed by atoms with Crippen molar-refractivity contribution >= 4 is 0 Å². The van der Waals surface area contributed by atoms with Gasteiger partial charge in [-0.05, 0) is 30.5 Å². The molecule has 1 unspecified atom stereocenters. The van der Waals surface area contributed by atoms with E-state index in [1.807, 2.05) is 0 Å². The quantitative estimate of drug-likeness (QED) is 0.853. The molecule has 1 N–H and O–H groups in total. The molecule has 4 nitrogen and oxygen atoms in total. The van der Waals surface area contributed by atoms with Crippen LogP contribution in [0.3, 0.4) is 0 Å². The van der Waals surface area contributed by atoms with Gasteiger partial charge in [-0.1, -0.05) is 6.07 Å². The average molecular weight is 265 g/mol. The predicted octanol–water partition coefficient (Wildman–Crippen LogP) is 1.68. The van der Waals surface area contributed by atoms with Crippen LogP contribution < -0.4 is 11.3 Å². The molecule has 1 aromatic heterocycles. The van der Waals surface area contributed by atoms with E-state index in [4.69, 9.17) is 4.42 Å². The molecule has 0 amide bonds. The Kier molecular flexibility index (Phi) is 2.58. The highest BCUT2D eigenvalue weighted by atomic mass is 19.2. The first kappa shape index (κ1) is 11.8. The Morgan fingerprint density at radius 3 is 2.74 bits per heavy atom. The Bertz CT molecular complexity index is 763.